The van der Waals surface area contributed by atoms with Crippen molar-refractivity contribution in [3.8, 4) is 0 Å². The first-order valence-corrected chi connectivity index (χ1v) is 62.4. The standard InChI is InChI=1S/C64H112O56S16.8Na/c65-33-41(73)57-105-25(17-121-1-9-129(81,82)83)49(33)113-58-42(74)34(66)51(27(106-58)19-123-3-11-131(87,88)89)115-60-44(76)36(68)53(29(108-60)21-125-5-13-133(93,94)95)117-62-46(78)38(70)55(31(110-62)23-127-7-15-135(99,100)101)119-64-48(80)40(72)56(32(112-64)24-128-8-16-136(102,103)104)120-63-47(79)39(71)54(30(111-63)22-126-6-14-134(96,97)98)118-61-45(77)37(69)52(28(109-61)20-124-4-12-132(90,91)92)116-59-43(75)35(67)50(114-57)26(107-59)18-122-2-10-130(84,85)86;;;;;;;;/h25-80H,1-24H2,(H,81,82,83)(H,84,85,86)(H,87,88,89)(H,90,91,92)(H,93,94,95)(H,96,97,98)(H,99,100,101)(H,102,103,104);;;;;;;;/q;8*+1/p-8/t25-,26-,27-,28-,29-,30-,31-,32-,33-,34-,35-,36-,37-,38-,39-,40-,41-,42-,43-,44-,45-,46-,47-,48+,49-,50-,51-,52-,53-,54-,55-,56-,57-,58-,59-,60-,61-,62-,63-,64-;;;;;;;;/m0......../s1. The molecule has 800 valence electrons. The Morgan fingerprint density at radius 1 is 0.153 bits per heavy atom. The quantitative estimate of drug-likeness (QED) is 0.0154. The third-order valence-electron chi connectivity index (χ3n) is 21.5. The molecule has 0 unspecified atom stereocenters. The van der Waals surface area contributed by atoms with Crippen molar-refractivity contribution in [2.24, 2.45) is 0 Å². The molecule has 30 rings (SSSR count). The van der Waals surface area contributed by atoms with Crippen LogP contribution in [0.15, 0.2) is 0 Å². The first-order valence-electron chi connectivity index (χ1n) is 40.5. The van der Waals surface area contributed by atoms with Gasteiger partial charge in [-0.1, -0.05) is 0 Å². The van der Waals surface area contributed by atoms with Crippen LogP contribution in [0.1, 0.15) is 0 Å². The summed E-state index contributed by atoms with van der Waals surface area (Å²) in [4.78, 5) is 0. The third kappa shape index (κ3) is 48.3. The van der Waals surface area contributed by atoms with Crippen molar-refractivity contribution in [3.63, 3.8) is 0 Å². The number of hydrogen-bond acceptors (Lipinski definition) is 64. The summed E-state index contributed by atoms with van der Waals surface area (Å²) in [6.07, 6.45) is -91.7. The molecule has 0 aliphatic carbocycles. The molecule has 0 aromatic heterocycles. The second-order valence-electron chi connectivity index (χ2n) is 31.7. The topological polar surface area (TPSA) is 929 Å². The van der Waals surface area contributed by atoms with Crippen LogP contribution in [0, 0.1) is 0 Å². The summed E-state index contributed by atoms with van der Waals surface area (Å²) in [7, 11) is -40.1. The molecule has 16 N–H and O–H groups in total. The molecule has 0 amide bonds. The van der Waals surface area contributed by atoms with Gasteiger partial charge in [-0.2, -0.15) is 94.1 Å². The largest absolute Gasteiger partial charge is 1.00 e. The second-order valence-corrected chi connectivity index (χ2v) is 53.1. The molecule has 0 spiro atoms. The Morgan fingerprint density at radius 3 is 0.312 bits per heavy atom. The molecule has 80 heteroatoms. The average molecular weight is 2470 g/mol. The maximum Gasteiger partial charge on any atom is 1.00 e. The number of aliphatic hydroxyl groups is 16. The first kappa shape index (κ1) is 151. The normalized spacial score (nSPS) is 38.7. The molecule has 30 aliphatic rings. The van der Waals surface area contributed by atoms with Crippen molar-refractivity contribution in [1.82, 2.24) is 0 Å². The van der Waals surface area contributed by atoms with E-state index in [-0.39, 0.29) is 236 Å². The van der Waals surface area contributed by atoms with Crippen LogP contribution in [0.25, 0.3) is 0 Å². The van der Waals surface area contributed by atoms with Gasteiger partial charge >= 0.3 is 236 Å². The van der Waals surface area contributed by atoms with Gasteiger partial charge in [0.1, 0.15) is 146 Å². The third-order valence-corrected chi connectivity index (χ3v) is 37.7. The van der Waals surface area contributed by atoms with Gasteiger partial charge in [-0.05, 0) is 0 Å². The van der Waals surface area contributed by atoms with Gasteiger partial charge in [0.15, 0.2) is 50.3 Å². The fourth-order valence-corrected chi connectivity index (χ4v) is 30.3. The summed E-state index contributed by atoms with van der Waals surface area (Å²) < 4.78 is 383. The van der Waals surface area contributed by atoms with Crippen LogP contribution in [0.4, 0.5) is 0 Å². The zero-order chi connectivity index (χ0) is 101. The molecule has 0 radical (unpaired) electrons. The van der Waals surface area contributed by atoms with Gasteiger partial charge in [-0.15, -0.1) is 0 Å². The van der Waals surface area contributed by atoms with E-state index in [0.29, 0.717) is 94.1 Å². The van der Waals surface area contributed by atoms with Crippen molar-refractivity contribution in [2.45, 2.75) is 246 Å². The Bertz CT molecular complexity index is 3870. The molecular weight excluding hydrogens is 2360 g/mol. The van der Waals surface area contributed by atoms with Crippen LogP contribution < -0.4 is 236 Å². The van der Waals surface area contributed by atoms with E-state index in [1.54, 1.807) is 0 Å². The van der Waals surface area contributed by atoms with Gasteiger partial charge in [0.05, 0.1) is 130 Å². The van der Waals surface area contributed by atoms with E-state index in [4.69, 9.17) is 75.8 Å². The number of rotatable bonds is 40. The van der Waals surface area contributed by atoms with Crippen LogP contribution >= 0.6 is 94.1 Å². The number of thioether (sulfide) groups is 8. The molecule has 16 bridgehead atoms. The van der Waals surface area contributed by atoms with E-state index < -0.39 is 465 Å². The molecule has 40 atom stereocenters. The van der Waals surface area contributed by atoms with Gasteiger partial charge in [0.25, 0.3) is 0 Å². The van der Waals surface area contributed by atoms with Crippen LogP contribution in [0.3, 0.4) is 0 Å². The molecule has 30 saturated heterocycles. The Morgan fingerprint density at radius 2 is 0.236 bits per heavy atom. The summed E-state index contributed by atoms with van der Waals surface area (Å²) in [5.41, 5.74) is 0. The summed E-state index contributed by atoms with van der Waals surface area (Å²) in [6, 6.07) is 0. The van der Waals surface area contributed by atoms with Gasteiger partial charge < -0.3 is 194 Å². The zero-order valence-corrected chi connectivity index (χ0v) is 107. The van der Waals surface area contributed by atoms with Crippen LogP contribution in [-0.2, 0) is 157 Å². The minimum atomic E-state index is -5.01. The van der Waals surface area contributed by atoms with Crippen LogP contribution in [0.5, 0.6) is 0 Å². The Labute approximate surface area is 1040 Å². The maximum absolute atomic E-state index is 12.2. The van der Waals surface area contributed by atoms with Crippen molar-refractivity contribution in [3.05, 3.63) is 0 Å². The number of aliphatic hydroxyl groups excluding tert-OH is 16. The monoisotopic (exact) mass is 2460 g/mol. The van der Waals surface area contributed by atoms with Crippen molar-refractivity contribution in [2.75, 3.05) is 138 Å². The number of ether oxygens (including phenoxy) is 16. The predicted octanol–water partition coefficient (Wildman–Crippen LogP) is -39.1. The van der Waals surface area contributed by atoms with E-state index in [0.717, 1.165) is 0 Å². The molecule has 56 nitrogen and oxygen atoms in total. The van der Waals surface area contributed by atoms with E-state index >= 15 is 0 Å². The first-order chi connectivity index (χ1) is 63.1. The second kappa shape index (κ2) is 68.3. The molecule has 30 fully saturated rings. The maximum atomic E-state index is 12.2. The average Bonchev–Trinajstić information content (AvgIpc) is 0.767. The molecular formula is C64H104Na8O56S16. The van der Waals surface area contributed by atoms with Gasteiger partial charge in [-0.25, -0.2) is 67.3 Å². The molecule has 0 saturated carbocycles. The predicted molar refractivity (Wildman–Crippen MR) is 459 cm³/mol. The van der Waals surface area contributed by atoms with Crippen molar-refractivity contribution >= 4 is 175 Å². The molecule has 0 aromatic rings. The molecule has 30 heterocycles. The molecule has 30 aliphatic heterocycles. The van der Waals surface area contributed by atoms with Crippen molar-refractivity contribution < 1.29 is 498 Å². The fourth-order valence-electron chi connectivity index (χ4n) is 14.7. The summed E-state index contributed by atoms with van der Waals surface area (Å²) in [6.45, 7) is 0. The fraction of sp³-hybridized carbons (Fsp3) is 1.00. The van der Waals surface area contributed by atoms with Crippen LogP contribution in [-0.4, -0.2) is 569 Å². The summed E-state index contributed by atoms with van der Waals surface area (Å²) in [5.74, 6) is -18.7. The van der Waals surface area contributed by atoms with Gasteiger partial charge in [0.2, 0.25) is 0 Å². The Hall–Kier alpha value is 8.80. The van der Waals surface area contributed by atoms with Crippen LogP contribution in [0.2, 0.25) is 0 Å². The van der Waals surface area contributed by atoms with Gasteiger partial charge in [-0.3, -0.25) is 0 Å². The zero-order valence-electron chi connectivity index (χ0n) is 78.1. The minimum absolute atomic E-state index is 0. The Kier molecular flexibility index (Phi) is 71.5. The van der Waals surface area contributed by atoms with E-state index in [2.05, 4.69) is 0 Å². The Balaban J connectivity index is 0.0000130. The SMILES string of the molecule is O=S(=O)([O-])CCSC[C@@H]1O[C@H]2O[C@@H]3[C@@H](O)[C@H](O)[C@H](O[C@@H]4[C@@H](O)[C@H](O)[C@H](O[C@@H]5[C@@H](O)[C@H](O)[C@H](O[C@@H]6[C@@H](O)[C@@H](O)[C@H](O[C@@H]7[C@@H](O)[C@H](O)[C@H](O[C@@H]8[C@@H](O)[C@H](O)[C@H](O[C@@H]9[C@@H](O)[C@H](O)[C@H](O[C@@H]1[C@@H](O)[C@@H]2O)O[C@H]9CSCCS(=O)(=O)[O-])O[C@H]8CSCCS(=O)(=O)[O-])O[C@H]7CSCCS(=O)(=O)[O-])O[C@H]6CSCCS(=O)(=O)[O-])O[C@H]5CSCCS(=O)(=O)[O-])O[C@H]4CSCCS(=O)(=O)[O-])O[C@H]3CSCCS(=O)(=O)[O-].[Na+].[Na+].[Na+].[Na+].[Na+].[Na+].[Na+].[Na+]. The molecule has 0 aromatic carbocycles. The van der Waals surface area contributed by atoms with Gasteiger partial charge in [0, 0.05) is 138 Å². The van der Waals surface area contributed by atoms with E-state index in [1.807, 2.05) is 0 Å². The minimum Gasteiger partial charge on any atom is -0.748 e. The number of hydrogen-bond donors (Lipinski definition) is 16. The summed E-state index contributed by atoms with van der Waals surface area (Å²) in [5, 5.41) is 195. The van der Waals surface area contributed by atoms with E-state index in [1.165, 1.54) is 0 Å². The molecule has 144 heavy (non-hydrogen) atoms. The van der Waals surface area contributed by atoms with E-state index in [9.17, 15) is 185 Å². The summed E-state index contributed by atoms with van der Waals surface area (Å²) >= 11 is 4.57. The smallest absolute Gasteiger partial charge is 0.748 e. The van der Waals surface area contributed by atoms with Crippen molar-refractivity contribution in [1.29, 1.82) is 0 Å².